The number of ether oxygens (including phenoxy) is 1. The summed E-state index contributed by atoms with van der Waals surface area (Å²) >= 11 is 0. The third-order valence-electron chi connectivity index (χ3n) is 2.24. The minimum Gasteiger partial charge on any atom is -0.392 e. The van der Waals surface area contributed by atoms with E-state index in [2.05, 4.69) is 5.32 Å². The molecule has 1 unspecified atom stereocenters. The molecule has 90 valence electrons. The maximum atomic E-state index is 9.40. The lowest BCUT2D eigenvalue weighted by Crippen LogP contribution is -2.29. The summed E-state index contributed by atoms with van der Waals surface area (Å²) in [6, 6.07) is 7.71. The van der Waals surface area contributed by atoms with Crippen LogP contribution in [0.3, 0.4) is 0 Å². The number of rotatable bonds is 7. The molecule has 0 aliphatic heterocycles. The first-order valence-corrected chi connectivity index (χ1v) is 5.32. The molecular weight excluding hydrogens is 206 g/mol. The Hall–Kier alpha value is -0.940. The van der Waals surface area contributed by atoms with Gasteiger partial charge in [-0.25, -0.2) is 0 Å². The average molecular weight is 225 g/mol. The first kappa shape index (κ1) is 13.1. The fourth-order valence-corrected chi connectivity index (χ4v) is 1.47. The maximum Gasteiger partial charge on any atom is 0.0897 e. The van der Waals surface area contributed by atoms with Crippen molar-refractivity contribution in [2.24, 2.45) is 0 Å². The molecule has 1 rings (SSSR count). The number of benzene rings is 1. The third kappa shape index (κ3) is 4.72. The van der Waals surface area contributed by atoms with Crippen LogP contribution in [0.2, 0.25) is 0 Å². The summed E-state index contributed by atoms with van der Waals surface area (Å²) in [5.41, 5.74) is 1.99. The first-order chi connectivity index (χ1) is 7.76. The average Bonchev–Trinajstić information content (AvgIpc) is 2.30. The van der Waals surface area contributed by atoms with E-state index in [4.69, 9.17) is 9.84 Å². The lowest BCUT2D eigenvalue weighted by atomic mass is 10.1. The van der Waals surface area contributed by atoms with Gasteiger partial charge in [-0.05, 0) is 11.1 Å². The number of hydrogen-bond acceptors (Lipinski definition) is 4. The fraction of sp³-hybridized carbons (Fsp3) is 0.500. The largest absolute Gasteiger partial charge is 0.392 e. The Morgan fingerprint density at radius 2 is 2.12 bits per heavy atom. The van der Waals surface area contributed by atoms with Crippen molar-refractivity contribution >= 4 is 0 Å². The molecule has 0 radical (unpaired) electrons. The first-order valence-electron chi connectivity index (χ1n) is 5.32. The Kier molecular flexibility index (Phi) is 6.03. The van der Waals surface area contributed by atoms with Crippen LogP contribution in [0.1, 0.15) is 11.1 Å². The van der Waals surface area contributed by atoms with Gasteiger partial charge in [0.05, 0.1) is 19.3 Å². The highest BCUT2D eigenvalue weighted by atomic mass is 16.5. The second kappa shape index (κ2) is 7.35. The molecule has 16 heavy (non-hydrogen) atoms. The van der Waals surface area contributed by atoms with Gasteiger partial charge in [0.1, 0.15) is 0 Å². The highest BCUT2D eigenvalue weighted by Gasteiger charge is 2.02. The molecule has 0 saturated carbocycles. The van der Waals surface area contributed by atoms with Crippen LogP contribution in [0.4, 0.5) is 0 Å². The lowest BCUT2D eigenvalue weighted by Gasteiger charge is -2.11. The number of aliphatic hydroxyl groups excluding tert-OH is 2. The molecule has 4 heteroatoms. The Bertz CT molecular complexity index is 304. The molecule has 0 bridgehead atoms. The zero-order chi connectivity index (χ0) is 11.8. The van der Waals surface area contributed by atoms with E-state index in [1.54, 1.807) is 7.11 Å². The molecular formula is C12H19NO3. The van der Waals surface area contributed by atoms with Crippen molar-refractivity contribution in [1.82, 2.24) is 5.32 Å². The van der Waals surface area contributed by atoms with Gasteiger partial charge in [0.25, 0.3) is 0 Å². The zero-order valence-electron chi connectivity index (χ0n) is 9.52. The standard InChI is InChI=1S/C12H19NO3/c1-16-9-12(15)7-13-6-10-3-2-4-11(5-10)8-14/h2-5,12-15H,6-9H2,1H3. The van der Waals surface area contributed by atoms with Crippen molar-refractivity contribution in [2.75, 3.05) is 20.3 Å². The molecule has 0 heterocycles. The number of aliphatic hydroxyl groups is 2. The minimum atomic E-state index is -0.481. The summed E-state index contributed by atoms with van der Waals surface area (Å²) in [4.78, 5) is 0. The smallest absolute Gasteiger partial charge is 0.0897 e. The summed E-state index contributed by atoms with van der Waals surface area (Å²) in [6.45, 7) is 1.57. The molecule has 4 nitrogen and oxygen atoms in total. The third-order valence-corrected chi connectivity index (χ3v) is 2.24. The van der Waals surface area contributed by atoms with Crippen LogP contribution in [0.25, 0.3) is 0 Å². The molecule has 0 aliphatic carbocycles. The van der Waals surface area contributed by atoms with Gasteiger partial charge in [0.15, 0.2) is 0 Å². The van der Waals surface area contributed by atoms with E-state index in [9.17, 15) is 5.11 Å². The van der Waals surface area contributed by atoms with Gasteiger partial charge < -0.3 is 20.3 Å². The van der Waals surface area contributed by atoms with Crippen LogP contribution in [-0.4, -0.2) is 36.6 Å². The summed E-state index contributed by atoms with van der Waals surface area (Å²) in [6.07, 6.45) is -0.481. The van der Waals surface area contributed by atoms with Gasteiger partial charge in [0, 0.05) is 20.2 Å². The number of hydrogen-bond donors (Lipinski definition) is 3. The van der Waals surface area contributed by atoms with Gasteiger partial charge in [-0.2, -0.15) is 0 Å². The molecule has 0 aliphatic rings. The van der Waals surface area contributed by atoms with Crippen LogP contribution in [0.5, 0.6) is 0 Å². The second-order valence-corrected chi connectivity index (χ2v) is 3.72. The van der Waals surface area contributed by atoms with E-state index in [0.717, 1.165) is 11.1 Å². The molecule has 0 amide bonds. The van der Waals surface area contributed by atoms with Crippen molar-refractivity contribution in [3.63, 3.8) is 0 Å². The predicted molar refractivity (Wildman–Crippen MR) is 62.0 cm³/mol. The topological polar surface area (TPSA) is 61.7 Å². The quantitative estimate of drug-likeness (QED) is 0.623. The van der Waals surface area contributed by atoms with Gasteiger partial charge in [-0.1, -0.05) is 24.3 Å². The molecule has 1 aromatic carbocycles. The molecule has 3 N–H and O–H groups in total. The molecule has 0 fully saturated rings. The predicted octanol–water partition coefficient (Wildman–Crippen LogP) is 0.276. The van der Waals surface area contributed by atoms with E-state index in [1.165, 1.54) is 0 Å². The van der Waals surface area contributed by atoms with Crippen molar-refractivity contribution < 1.29 is 14.9 Å². The van der Waals surface area contributed by atoms with E-state index < -0.39 is 6.10 Å². The van der Waals surface area contributed by atoms with Crippen LogP contribution in [-0.2, 0) is 17.9 Å². The van der Waals surface area contributed by atoms with Crippen LogP contribution in [0, 0.1) is 0 Å². The maximum absolute atomic E-state index is 9.40. The highest BCUT2D eigenvalue weighted by Crippen LogP contribution is 2.04. The van der Waals surface area contributed by atoms with Crippen LogP contribution >= 0.6 is 0 Å². The van der Waals surface area contributed by atoms with E-state index in [0.29, 0.717) is 19.7 Å². The van der Waals surface area contributed by atoms with Crippen LogP contribution < -0.4 is 5.32 Å². The van der Waals surface area contributed by atoms with Crippen molar-refractivity contribution in [2.45, 2.75) is 19.3 Å². The molecule has 1 atom stereocenters. The van der Waals surface area contributed by atoms with Gasteiger partial charge in [-0.15, -0.1) is 0 Å². The van der Waals surface area contributed by atoms with Crippen molar-refractivity contribution in [3.8, 4) is 0 Å². The monoisotopic (exact) mass is 225 g/mol. The van der Waals surface area contributed by atoms with Gasteiger partial charge in [0.2, 0.25) is 0 Å². The molecule has 0 spiro atoms. The van der Waals surface area contributed by atoms with Gasteiger partial charge in [-0.3, -0.25) is 0 Å². The minimum absolute atomic E-state index is 0.0557. The highest BCUT2D eigenvalue weighted by molar-refractivity contribution is 5.22. The molecule has 0 saturated heterocycles. The van der Waals surface area contributed by atoms with Crippen molar-refractivity contribution in [3.05, 3.63) is 35.4 Å². The normalized spacial score (nSPS) is 12.7. The van der Waals surface area contributed by atoms with Gasteiger partial charge >= 0.3 is 0 Å². The SMILES string of the molecule is COCC(O)CNCc1cccc(CO)c1. The molecule has 0 aromatic heterocycles. The second-order valence-electron chi connectivity index (χ2n) is 3.72. The summed E-state index contributed by atoms with van der Waals surface area (Å²) in [5, 5.41) is 21.5. The number of methoxy groups -OCH3 is 1. The van der Waals surface area contributed by atoms with E-state index >= 15 is 0 Å². The summed E-state index contributed by atoms with van der Waals surface area (Å²) in [7, 11) is 1.56. The zero-order valence-corrected chi connectivity index (χ0v) is 9.52. The lowest BCUT2D eigenvalue weighted by molar-refractivity contribution is 0.0644. The number of nitrogens with one attached hydrogen (secondary N) is 1. The Morgan fingerprint density at radius 1 is 1.38 bits per heavy atom. The summed E-state index contributed by atoms with van der Waals surface area (Å²) in [5.74, 6) is 0. The van der Waals surface area contributed by atoms with E-state index in [-0.39, 0.29) is 6.61 Å². The summed E-state index contributed by atoms with van der Waals surface area (Å²) < 4.78 is 4.82. The Morgan fingerprint density at radius 3 is 2.81 bits per heavy atom. The Balaban J connectivity index is 2.31. The van der Waals surface area contributed by atoms with Crippen molar-refractivity contribution in [1.29, 1.82) is 0 Å². The molecule has 1 aromatic rings. The fourth-order valence-electron chi connectivity index (χ4n) is 1.47. The Labute approximate surface area is 95.9 Å². The van der Waals surface area contributed by atoms with Crippen LogP contribution in [0.15, 0.2) is 24.3 Å². The van der Waals surface area contributed by atoms with E-state index in [1.807, 2.05) is 24.3 Å².